The van der Waals surface area contributed by atoms with E-state index >= 15 is 0 Å². The number of halogens is 1. The van der Waals surface area contributed by atoms with Crippen molar-refractivity contribution in [3.63, 3.8) is 0 Å². The molecule has 0 bridgehead atoms. The summed E-state index contributed by atoms with van der Waals surface area (Å²) in [4.78, 5) is 22.5. The number of nitro groups is 1. The van der Waals surface area contributed by atoms with Crippen LogP contribution in [0.4, 0.5) is 11.4 Å². The molecule has 3 aromatic rings. The second kappa shape index (κ2) is 7.40. The van der Waals surface area contributed by atoms with Crippen molar-refractivity contribution in [2.75, 3.05) is 4.72 Å². The van der Waals surface area contributed by atoms with E-state index in [-0.39, 0.29) is 11.4 Å². The number of hydrogen-bond donors (Lipinski definition) is 1. The van der Waals surface area contributed by atoms with Crippen molar-refractivity contribution in [2.24, 2.45) is 0 Å². The van der Waals surface area contributed by atoms with Crippen molar-refractivity contribution in [2.45, 2.75) is 31.8 Å². The van der Waals surface area contributed by atoms with Crippen LogP contribution in [0, 0.1) is 10.1 Å². The number of rotatable bonds is 6. The maximum Gasteiger partial charge on any atom is 0.329 e. The fraction of sp³-hybridized carbons (Fsp3) is 0.235. The topological polar surface area (TPSA) is 116 Å². The molecule has 9 nitrogen and oxygen atoms in total. The monoisotopic (exact) mass is 468 g/mol. The molecule has 0 radical (unpaired) electrons. The minimum atomic E-state index is -4.22. The Balaban J connectivity index is 2.16. The molecule has 3 rings (SSSR count). The molecular weight excluding hydrogens is 452 g/mol. The highest BCUT2D eigenvalue weighted by Gasteiger charge is 2.26. The van der Waals surface area contributed by atoms with E-state index < -0.39 is 25.5 Å². The Labute approximate surface area is 168 Å². The van der Waals surface area contributed by atoms with Gasteiger partial charge in [-0.2, -0.15) is 0 Å². The molecule has 1 aromatic heterocycles. The molecular formula is C17H17BrN4O5S. The van der Waals surface area contributed by atoms with E-state index in [0.717, 1.165) is 6.07 Å². The van der Waals surface area contributed by atoms with Crippen LogP contribution < -0.4 is 10.4 Å². The summed E-state index contributed by atoms with van der Waals surface area (Å²) in [6, 6.07) is 8.31. The smallest absolute Gasteiger partial charge is 0.292 e. The van der Waals surface area contributed by atoms with Gasteiger partial charge in [-0.1, -0.05) is 12.1 Å². The maximum absolute atomic E-state index is 12.8. The molecule has 0 spiro atoms. The Hall–Kier alpha value is -2.66. The first-order valence-electron chi connectivity index (χ1n) is 8.40. The van der Waals surface area contributed by atoms with E-state index in [1.165, 1.54) is 22.8 Å². The van der Waals surface area contributed by atoms with Crippen molar-refractivity contribution in [1.29, 1.82) is 0 Å². The molecule has 28 heavy (non-hydrogen) atoms. The predicted octanol–water partition coefficient (Wildman–Crippen LogP) is 3.31. The minimum Gasteiger partial charge on any atom is -0.292 e. The van der Waals surface area contributed by atoms with Crippen LogP contribution in [-0.2, 0) is 23.1 Å². The van der Waals surface area contributed by atoms with Crippen LogP contribution in [0.3, 0.4) is 0 Å². The van der Waals surface area contributed by atoms with E-state index in [2.05, 4.69) is 20.7 Å². The van der Waals surface area contributed by atoms with Gasteiger partial charge in [-0.05, 0) is 48.0 Å². The number of hydrogen-bond acceptors (Lipinski definition) is 5. The summed E-state index contributed by atoms with van der Waals surface area (Å²) in [6.07, 6.45) is 0. The van der Waals surface area contributed by atoms with Gasteiger partial charge in [0.05, 0.1) is 21.6 Å². The van der Waals surface area contributed by atoms with Gasteiger partial charge in [0, 0.05) is 23.6 Å². The van der Waals surface area contributed by atoms with E-state index in [0.29, 0.717) is 28.6 Å². The number of fused-ring (bicyclic) bond motifs is 1. The number of anilines is 1. The number of aryl methyl sites for hydroxylation is 2. The van der Waals surface area contributed by atoms with Gasteiger partial charge < -0.3 is 0 Å². The molecule has 1 N–H and O–H groups in total. The van der Waals surface area contributed by atoms with Crippen molar-refractivity contribution in [3.8, 4) is 0 Å². The lowest BCUT2D eigenvalue weighted by atomic mass is 10.2. The molecule has 0 aliphatic carbocycles. The molecule has 11 heteroatoms. The van der Waals surface area contributed by atoms with Gasteiger partial charge in [0.15, 0.2) is 4.90 Å². The second-order valence-corrected chi connectivity index (χ2v) is 8.43. The Morgan fingerprint density at radius 1 is 1.11 bits per heavy atom. The average Bonchev–Trinajstić information content (AvgIpc) is 2.91. The zero-order valence-corrected chi connectivity index (χ0v) is 17.4. The first kappa shape index (κ1) is 20.1. The first-order chi connectivity index (χ1) is 13.2. The van der Waals surface area contributed by atoms with Gasteiger partial charge in [0.2, 0.25) is 0 Å². The van der Waals surface area contributed by atoms with Crippen LogP contribution in [0.15, 0.2) is 50.6 Å². The zero-order valence-electron chi connectivity index (χ0n) is 15.0. The SMILES string of the molecule is CCn1c(=O)n(CC)c2cc(NS(=O)(=O)c3ccccc3[N+](=O)[O-])c(Br)cc21. The summed E-state index contributed by atoms with van der Waals surface area (Å²) in [6.45, 7) is 4.55. The van der Waals surface area contributed by atoms with Crippen LogP contribution in [0.1, 0.15) is 13.8 Å². The number of para-hydroxylation sites is 1. The fourth-order valence-electron chi connectivity index (χ4n) is 3.06. The molecule has 1 heterocycles. The summed E-state index contributed by atoms with van der Waals surface area (Å²) in [5.41, 5.74) is 0.703. The summed E-state index contributed by atoms with van der Waals surface area (Å²) in [5, 5.41) is 11.2. The van der Waals surface area contributed by atoms with E-state index in [1.54, 1.807) is 16.7 Å². The maximum atomic E-state index is 12.8. The highest BCUT2D eigenvalue weighted by molar-refractivity contribution is 9.10. The van der Waals surface area contributed by atoms with E-state index in [9.17, 15) is 23.3 Å². The number of benzene rings is 2. The lowest BCUT2D eigenvalue weighted by Gasteiger charge is -2.11. The molecule has 0 saturated heterocycles. The van der Waals surface area contributed by atoms with Gasteiger partial charge in [0.25, 0.3) is 15.7 Å². The molecule has 2 aromatic carbocycles. The number of nitrogens with zero attached hydrogens (tertiary/aromatic N) is 3. The van der Waals surface area contributed by atoms with Crippen LogP contribution in [0.5, 0.6) is 0 Å². The molecule has 0 aliphatic rings. The summed E-state index contributed by atoms with van der Waals surface area (Å²) < 4.78 is 31.5. The second-order valence-electron chi connectivity index (χ2n) is 5.92. The zero-order chi connectivity index (χ0) is 20.6. The normalized spacial score (nSPS) is 11.7. The molecule has 0 aliphatic heterocycles. The first-order valence-corrected chi connectivity index (χ1v) is 10.7. The quantitative estimate of drug-likeness (QED) is 0.439. The number of aromatic nitrogens is 2. The Morgan fingerprint density at radius 2 is 1.68 bits per heavy atom. The van der Waals surface area contributed by atoms with Crippen LogP contribution in [-0.4, -0.2) is 22.5 Å². The van der Waals surface area contributed by atoms with Gasteiger partial charge >= 0.3 is 5.69 Å². The Morgan fingerprint density at radius 3 is 2.25 bits per heavy atom. The number of sulfonamides is 1. The standard InChI is InChI=1S/C17H17BrN4O5S/c1-3-20-14-9-11(18)12(10-15(14)21(4-2)17(20)23)19-28(26,27)16-8-6-5-7-13(16)22(24)25/h5-10,19H,3-4H2,1-2H3. The summed E-state index contributed by atoms with van der Waals surface area (Å²) in [5.74, 6) is 0. The molecule has 0 amide bonds. The third-order valence-electron chi connectivity index (χ3n) is 4.34. The van der Waals surface area contributed by atoms with Crippen molar-refractivity contribution >= 4 is 48.4 Å². The molecule has 148 valence electrons. The lowest BCUT2D eigenvalue weighted by Crippen LogP contribution is -2.23. The van der Waals surface area contributed by atoms with E-state index in [1.807, 2.05) is 13.8 Å². The van der Waals surface area contributed by atoms with Crippen molar-refractivity contribution in [3.05, 3.63) is 61.5 Å². The minimum absolute atomic E-state index is 0.182. The van der Waals surface area contributed by atoms with Crippen molar-refractivity contribution in [1.82, 2.24) is 9.13 Å². The van der Waals surface area contributed by atoms with Crippen LogP contribution in [0.2, 0.25) is 0 Å². The lowest BCUT2D eigenvalue weighted by molar-refractivity contribution is -0.387. The fourth-order valence-corrected chi connectivity index (χ4v) is 4.87. The van der Waals surface area contributed by atoms with Gasteiger partial charge in [-0.25, -0.2) is 13.2 Å². The Bertz CT molecular complexity index is 1250. The van der Waals surface area contributed by atoms with Gasteiger partial charge in [-0.3, -0.25) is 24.0 Å². The molecule has 0 saturated carbocycles. The average molecular weight is 469 g/mol. The highest BCUT2D eigenvalue weighted by atomic mass is 79.9. The third-order valence-corrected chi connectivity index (χ3v) is 6.40. The van der Waals surface area contributed by atoms with Crippen LogP contribution >= 0.6 is 15.9 Å². The number of imidazole rings is 1. The predicted molar refractivity (Wildman–Crippen MR) is 109 cm³/mol. The van der Waals surface area contributed by atoms with Crippen LogP contribution in [0.25, 0.3) is 11.0 Å². The van der Waals surface area contributed by atoms with Gasteiger partial charge in [0.1, 0.15) is 0 Å². The Kier molecular flexibility index (Phi) is 5.31. The molecule has 0 atom stereocenters. The van der Waals surface area contributed by atoms with Crippen molar-refractivity contribution < 1.29 is 13.3 Å². The van der Waals surface area contributed by atoms with Gasteiger partial charge in [-0.15, -0.1) is 0 Å². The largest absolute Gasteiger partial charge is 0.329 e. The van der Waals surface area contributed by atoms with E-state index in [4.69, 9.17) is 0 Å². The third kappa shape index (κ3) is 3.31. The molecule has 0 fully saturated rings. The summed E-state index contributed by atoms with van der Waals surface area (Å²) in [7, 11) is -4.22. The summed E-state index contributed by atoms with van der Waals surface area (Å²) >= 11 is 3.32. The highest BCUT2D eigenvalue weighted by Crippen LogP contribution is 2.32. The number of nitrogens with one attached hydrogen (secondary N) is 1. The molecule has 0 unspecified atom stereocenters. The number of nitro benzene ring substituents is 1.